The first-order valence-corrected chi connectivity index (χ1v) is 32.3. The number of sulfone groups is 2. The Morgan fingerprint density at radius 1 is 0.529 bits per heavy atom. The van der Waals surface area contributed by atoms with E-state index in [9.17, 15) is 50.7 Å². The standard InChI is InChI=1S/C35H28Cl2N2O6S.C29H24Cl2N2O7S/c1-46(43,44)26-9-5-6-21(16-26)17-29(33(40)23-7-3-2-4-8-23)38-34(41)31-28(36)18-25-20-39(14-12-27(25)32(31)37)35(42)24-11-10-22-13-15-45-30(22)19-24;1-41(38,39)20-4-2-3-16(11-20)12-23(29(36)37)32-27(34)25-22(30)13-19-15-33(9-7-21(19)26(25)31)28(35)18-6-5-17-8-10-40-24(17)14-18/h2-11,13,15-16,18-19,29H,12,14,17,20H2,1H3,(H,38,41);2-6,8,10-11,13-14,23H,7,9,12,15H2,1H3,(H,32,34)(H,36,37)/t29-;23-/m00/s1. The summed E-state index contributed by atoms with van der Waals surface area (Å²) in [4.78, 5) is 82.7. The maximum Gasteiger partial charge on any atom is 0.326 e. The number of ketones is 1. The molecule has 0 saturated heterocycles. The smallest absolute Gasteiger partial charge is 0.326 e. The molecule has 0 unspecified atom stereocenters. The summed E-state index contributed by atoms with van der Waals surface area (Å²) in [5.41, 5.74) is 6.28. The predicted octanol–water partition coefficient (Wildman–Crippen LogP) is 11.3. The fourth-order valence-corrected chi connectivity index (χ4v) is 13.5. The number of nitrogens with one attached hydrogen (secondary N) is 2. The number of hydrogen-bond donors (Lipinski definition) is 3. The topological polar surface area (TPSA) is 248 Å². The third-order valence-electron chi connectivity index (χ3n) is 15.1. The minimum absolute atomic E-state index is 0.0146. The van der Waals surface area contributed by atoms with Crippen molar-refractivity contribution in [3.8, 4) is 0 Å². The number of amides is 4. The maximum atomic E-state index is 13.8. The van der Waals surface area contributed by atoms with Crippen LogP contribution in [-0.2, 0) is 63.2 Å². The fraction of sp³-hybridized carbons (Fsp3) is 0.188. The molecule has 87 heavy (non-hydrogen) atoms. The Labute approximate surface area is 519 Å². The maximum absolute atomic E-state index is 13.8. The number of nitrogens with zero attached hydrogens (tertiary/aromatic N) is 2. The third kappa shape index (κ3) is 13.8. The van der Waals surface area contributed by atoms with Crippen LogP contribution in [-0.4, -0.2) is 105 Å². The van der Waals surface area contributed by atoms with Gasteiger partial charge in [0.05, 0.1) is 59.6 Å². The van der Waals surface area contributed by atoms with Gasteiger partial charge in [-0.15, -0.1) is 0 Å². The summed E-state index contributed by atoms with van der Waals surface area (Å²) in [5, 5.41) is 17.2. The van der Waals surface area contributed by atoms with Gasteiger partial charge in [-0.2, -0.15) is 0 Å². The van der Waals surface area contributed by atoms with Crippen LogP contribution in [0.4, 0.5) is 0 Å². The summed E-state index contributed by atoms with van der Waals surface area (Å²) in [7, 11) is -6.98. The van der Waals surface area contributed by atoms with Gasteiger partial charge >= 0.3 is 5.97 Å². The van der Waals surface area contributed by atoms with E-state index in [4.69, 9.17) is 55.2 Å². The van der Waals surface area contributed by atoms with Gasteiger partial charge in [-0.05, 0) is 119 Å². The van der Waals surface area contributed by atoms with Crippen molar-refractivity contribution >= 4 is 123 Å². The Morgan fingerprint density at radius 3 is 1.40 bits per heavy atom. The van der Waals surface area contributed by atoms with Gasteiger partial charge < -0.3 is 34.4 Å². The largest absolute Gasteiger partial charge is 0.480 e. The first-order valence-electron chi connectivity index (χ1n) is 27.0. The molecular formula is C64H52Cl4N4O13S2. The summed E-state index contributed by atoms with van der Waals surface area (Å²) in [6, 6.07) is 35.6. The number of rotatable bonds is 15. The molecule has 0 bridgehead atoms. The van der Waals surface area contributed by atoms with E-state index in [1.807, 2.05) is 24.3 Å². The molecule has 2 aromatic heterocycles. The number of carbonyl (C=O) groups excluding carboxylic acids is 5. The molecule has 7 aromatic carbocycles. The van der Waals surface area contributed by atoms with Crippen LogP contribution in [0.15, 0.2) is 171 Å². The van der Waals surface area contributed by atoms with Crippen molar-refractivity contribution in [3.63, 3.8) is 0 Å². The van der Waals surface area contributed by atoms with Crippen molar-refractivity contribution < 1.29 is 59.5 Å². The normalized spacial score (nSPS) is 13.8. The Balaban J connectivity index is 0.000000194. The van der Waals surface area contributed by atoms with Crippen LogP contribution < -0.4 is 10.6 Å². The van der Waals surface area contributed by atoms with E-state index in [1.54, 1.807) is 107 Å². The number of halogens is 4. The molecule has 9 aromatic rings. The molecule has 3 N–H and O–H groups in total. The summed E-state index contributed by atoms with van der Waals surface area (Å²) < 4.78 is 58.9. The van der Waals surface area contributed by atoms with E-state index in [2.05, 4.69) is 10.6 Å². The highest BCUT2D eigenvalue weighted by atomic mass is 35.5. The van der Waals surface area contributed by atoms with Gasteiger partial charge in [0.2, 0.25) is 0 Å². The summed E-state index contributed by atoms with van der Waals surface area (Å²) in [6.45, 7) is 1.19. The number of aliphatic carboxylic acids is 1. The molecule has 446 valence electrons. The molecular weight excluding hydrogens is 1240 g/mol. The van der Waals surface area contributed by atoms with E-state index in [-0.39, 0.29) is 84.5 Å². The van der Waals surface area contributed by atoms with E-state index >= 15 is 0 Å². The van der Waals surface area contributed by atoms with E-state index in [1.165, 1.54) is 30.3 Å². The van der Waals surface area contributed by atoms with Gasteiger partial charge in [0.1, 0.15) is 17.2 Å². The Hall–Kier alpha value is -8.30. The molecule has 23 heteroatoms. The van der Waals surface area contributed by atoms with Gasteiger partial charge in [0.15, 0.2) is 25.5 Å². The molecule has 0 saturated carbocycles. The van der Waals surface area contributed by atoms with Crippen molar-refractivity contribution in [2.75, 3.05) is 25.6 Å². The summed E-state index contributed by atoms with van der Waals surface area (Å²) in [6.07, 6.45) is 5.92. The Bertz CT molecular complexity index is 4490. The molecule has 2 aliphatic heterocycles. The lowest BCUT2D eigenvalue weighted by atomic mass is 9.94. The fourth-order valence-electron chi connectivity index (χ4n) is 10.6. The molecule has 2 atom stereocenters. The highest BCUT2D eigenvalue weighted by Crippen LogP contribution is 2.37. The molecule has 0 aliphatic carbocycles. The van der Waals surface area contributed by atoms with Crippen LogP contribution in [0.1, 0.15) is 85.2 Å². The van der Waals surface area contributed by atoms with Gasteiger partial charge in [-0.25, -0.2) is 21.6 Å². The van der Waals surface area contributed by atoms with Gasteiger partial charge in [0, 0.05) is 79.0 Å². The predicted molar refractivity (Wildman–Crippen MR) is 330 cm³/mol. The number of carboxylic acid groups (broad SMARTS) is 1. The lowest BCUT2D eigenvalue weighted by Gasteiger charge is -2.30. The zero-order valence-corrected chi connectivity index (χ0v) is 51.0. The highest BCUT2D eigenvalue weighted by molar-refractivity contribution is 7.91. The average Bonchev–Trinajstić information content (AvgIpc) is 1.70. The second-order valence-corrected chi connectivity index (χ2v) is 26.6. The lowest BCUT2D eigenvalue weighted by Crippen LogP contribution is -2.43. The van der Waals surface area contributed by atoms with Crippen molar-refractivity contribution in [2.45, 2.75) is 60.6 Å². The molecule has 11 rings (SSSR count). The van der Waals surface area contributed by atoms with Crippen LogP contribution in [0, 0.1) is 0 Å². The van der Waals surface area contributed by atoms with Crippen LogP contribution in [0.2, 0.25) is 20.1 Å². The highest BCUT2D eigenvalue weighted by Gasteiger charge is 2.33. The van der Waals surface area contributed by atoms with E-state index in [0.717, 1.165) is 28.8 Å². The monoisotopic (exact) mass is 1290 g/mol. The average molecular weight is 1290 g/mol. The van der Waals surface area contributed by atoms with Crippen LogP contribution in [0.3, 0.4) is 0 Å². The van der Waals surface area contributed by atoms with Crippen molar-refractivity contribution in [3.05, 3.63) is 233 Å². The SMILES string of the molecule is CS(=O)(=O)c1cccc(C[C@H](NC(=O)c2c(Cl)cc3c(c2Cl)CCN(C(=O)c2ccc4ccoc4c2)C3)C(=O)O)c1.CS(=O)(=O)c1cccc(C[C@H](NC(=O)c2c(Cl)cc3c(c2Cl)CCN(C(=O)c2ccc4ccoc4c2)C3)C(=O)c2ccccc2)c1. The van der Waals surface area contributed by atoms with E-state index < -0.39 is 49.5 Å². The quantitative estimate of drug-likeness (QED) is 0.0809. The number of fused-ring (bicyclic) bond motifs is 4. The molecule has 4 heterocycles. The Morgan fingerprint density at radius 2 is 0.966 bits per heavy atom. The summed E-state index contributed by atoms with van der Waals surface area (Å²) in [5.74, 6) is -3.44. The zero-order chi connectivity index (χ0) is 62.1. The second-order valence-electron chi connectivity index (χ2n) is 21.0. The van der Waals surface area contributed by atoms with Gasteiger partial charge in [0.25, 0.3) is 23.6 Å². The molecule has 2 aliphatic rings. The zero-order valence-electron chi connectivity index (χ0n) is 46.3. The van der Waals surface area contributed by atoms with Crippen molar-refractivity contribution in [2.24, 2.45) is 0 Å². The lowest BCUT2D eigenvalue weighted by molar-refractivity contribution is -0.139. The number of furan rings is 2. The number of benzene rings is 7. The van der Waals surface area contributed by atoms with Gasteiger partial charge in [-0.1, -0.05) is 113 Å². The molecule has 0 spiro atoms. The Kier molecular flexibility index (Phi) is 18.2. The second kappa shape index (κ2) is 25.6. The molecule has 17 nitrogen and oxygen atoms in total. The van der Waals surface area contributed by atoms with Gasteiger partial charge in [-0.3, -0.25) is 24.0 Å². The molecule has 4 amide bonds. The first kappa shape index (κ1) is 61.8. The van der Waals surface area contributed by atoms with E-state index in [0.29, 0.717) is 81.6 Å². The summed E-state index contributed by atoms with van der Waals surface area (Å²) >= 11 is 26.6. The number of Topliss-reactive ketones (excluding diaryl/α,β-unsaturated/α-hetero) is 1. The molecule has 0 fully saturated rings. The number of carboxylic acids is 1. The van der Waals surface area contributed by atoms with Crippen molar-refractivity contribution in [1.82, 2.24) is 20.4 Å². The third-order valence-corrected chi connectivity index (χ3v) is 18.7. The number of hydrogen-bond acceptors (Lipinski definition) is 12. The minimum atomic E-state index is -3.50. The van der Waals surface area contributed by atoms with Crippen molar-refractivity contribution in [1.29, 1.82) is 0 Å². The van der Waals surface area contributed by atoms with Crippen LogP contribution in [0.5, 0.6) is 0 Å². The van der Waals surface area contributed by atoms with Crippen LogP contribution in [0.25, 0.3) is 21.9 Å². The minimum Gasteiger partial charge on any atom is -0.480 e. The first-order chi connectivity index (χ1) is 41.4. The number of carbonyl (C=O) groups is 6. The molecule has 0 radical (unpaired) electrons. The van der Waals surface area contributed by atoms with Crippen LogP contribution >= 0.6 is 46.4 Å².